The van der Waals surface area contributed by atoms with Gasteiger partial charge in [0.15, 0.2) is 0 Å². The molecule has 1 unspecified atom stereocenters. The summed E-state index contributed by atoms with van der Waals surface area (Å²) >= 11 is 0. The van der Waals surface area contributed by atoms with Gasteiger partial charge in [-0.2, -0.15) is 0 Å². The maximum atomic E-state index is 13.2. The van der Waals surface area contributed by atoms with Crippen LogP contribution in [-0.4, -0.2) is 57.5 Å². The molecule has 2 aromatic rings. The lowest BCUT2D eigenvalue weighted by molar-refractivity contribution is -0.141. The number of amides is 1. The lowest BCUT2D eigenvalue weighted by atomic mass is 9.77. The van der Waals surface area contributed by atoms with Gasteiger partial charge in [-0.05, 0) is 44.7 Å². The Balaban J connectivity index is 1.63. The molecule has 2 saturated heterocycles. The first kappa shape index (κ1) is 17.7. The molecule has 1 aromatic heterocycles. The number of likely N-dealkylation sites (tertiary alicyclic amines) is 1. The zero-order valence-electron chi connectivity index (χ0n) is 15.4. The van der Waals surface area contributed by atoms with Crippen molar-refractivity contribution < 1.29 is 14.7 Å². The van der Waals surface area contributed by atoms with Gasteiger partial charge in [0.05, 0.1) is 0 Å². The van der Waals surface area contributed by atoms with Crippen LogP contribution in [0.25, 0.3) is 11.4 Å². The molecule has 1 atom stereocenters. The molecule has 142 valence electrons. The molecule has 0 aliphatic carbocycles. The van der Waals surface area contributed by atoms with Crippen molar-refractivity contribution in [3.05, 3.63) is 41.7 Å². The predicted octanol–water partition coefficient (Wildman–Crippen LogP) is 2.05. The number of nitrogens with zero attached hydrogens (tertiary/aromatic N) is 2. The largest absolute Gasteiger partial charge is 0.480 e. The Kier molecular flexibility index (Phi) is 4.47. The van der Waals surface area contributed by atoms with Gasteiger partial charge in [0.25, 0.3) is 5.91 Å². The van der Waals surface area contributed by atoms with E-state index in [1.54, 1.807) is 6.92 Å². The molecule has 7 nitrogen and oxygen atoms in total. The third kappa shape index (κ3) is 3.23. The van der Waals surface area contributed by atoms with E-state index in [1.165, 1.54) is 4.90 Å². The molecule has 1 aromatic carbocycles. The van der Waals surface area contributed by atoms with Crippen molar-refractivity contribution in [1.82, 2.24) is 20.2 Å². The minimum atomic E-state index is -0.935. The fourth-order valence-electron chi connectivity index (χ4n) is 4.35. The first-order chi connectivity index (χ1) is 13.0. The molecule has 4 rings (SSSR count). The molecule has 2 fully saturated rings. The Bertz CT molecular complexity index is 855. The number of H-pyrrole nitrogens is 1. The van der Waals surface area contributed by atoms with Gasteiger partial charge in [0.2, 0.25) is 0 Å². The predicted molar refractivity (Wildman–Crippen MR) is 100 cm³/mol. The van der Waals surface area contributed by atoms with Gasteiger partial charge >= 0.3 is 5.97 Å². The van der Waals surface area contributed by atoms with Crippen molar-refractivity contribution in [1.29, 1.82) is 0 Å². The van der Waals surface area contributed by atoms with Crippen LogP contribution in [-0.2, 0) is 4.79 Å². The molecule has 1 spiro atoms. The second-order valence-corrected chi connectivity index (χ2v) is 7.67. The Hall–Kier alpha value is -2.67. The lowest BCUT2D eigenvalue weighted by Gasteiger charge is -2.33. The van der Waals surface area contributed by atoms with Crippen molar-refractivity contribution in [2.24, 2.45) is 5.41 Å². The van der Waals surface area contributed by atoms with Crippen molar-refractivity contribution in [3.8, 4) is 11.4 Å². The summed E-state index contributed by atoms with van der Waals surface area (Å²) in [7, 11) is 0. The summed E-state index contributed by atoms with van der Waals surface area (Å²) in [4.78, 5) is 34.2. The fourth-order valence-corrected chi connectivity index (χ4v) is 4.35. The molecule has 2 aliphatic rings. The first-order valence-electron chi connectivity index (χ1n) is 9.36. The minimum Gasteiger partial charge on any atom is -0.480 e. The number of carboxylic acid groups (broad SMARTS) is 1. The number of carbonyl (C=O) groups is 2. The quantitative estimate of drug-likeness (QED) is 0.770. The van der Waals surface area contributed by atoms with Crippen LogP contribution >= 0.6 is 0 Å². The highest BCUT2D eigenvalue weighted by Gasteiger charge is 2.49. The van der Waals surface area contributed by atoms with Crippen molar-refractivity contribution in [3.63, 3.8) is 0 Å². The van der Waals surface area contributed by atoms with Crippen LogP contribution in [0.4, 0.5) is 0 Å². The van der Waals surface area contributed by atoms with Crippen LogP contribution in [0.1, 0.15) is 35.4 Å². The van der Waals surface area contributed by atoms with E-state index in [0.717, 1.165) is 31.5 Å². The summed E-state index contributed by atoms with van der Waals surface area (Å²) in [6.07, 6.45) is 2.31. The van der Waals surface area contributed by atoms with Crippen LogP contribution < -0.4 is 5.32 Å². The molecule has 1 amide bonds. The van der Waals surface area contributed by atoms with E-state index in [9.17, 15) is 14.7 Å². The Morgan fingerprint density at radius 1 is 1.22 bits per heavy atom. The molecule has 27 heavy (non-hydrogen) atoms. The standard InChI is InChI=1S/C20H24N4O3/c1-13-16(23-17(22-13)14-5-3-2-4-6-14)18(25)24-12-20(7-9-21-10-8-20)11-15(24)19(26)27/h2-6,15,21H,7-12H2,1H3,(H,22,23)(H,26,27). The average molecular weight is 368 g/mol. The third-order valence-corrected chi connectivity index (χ3v) is 5.85. The number of rotatable bonds is 3. The minimum absolute atomic E-state index is 0.101. The number of aryl methyl sites for hydroxylation is 1. The van der Waals surface area contributed by atoms with Crippen molar-refractivity contribution in [2.75, 3.05) is 19.6 Å². The van der Waals surface area contributed by atoms with Gasteiger partial charge in [0, 0.05) is 17.8 Å². The van der Waals surface area contributed by atoms with Crippen LogP contribution in [0.15, 0.2) is 30.3 Å². The molecule has 3 N–H and O–H groups in total. The highest BCUT2D eigenvalue weighted by molar-refractivity contribution is 5.97. The van der Waals surface area contributed by atoms with E-state index in [2.05, 4.69) is 15.3 Å². The van der Waals surface area contributed by atoms with Crippen molar-refractivity contribution in [2.45, 2.75) is 32.2 Å². The fraction of sp³-hybridized carbons (Fsp3) is 0.450. The molecule has 0 bridgehead atoms. The molecular formula is C20H24N4O3. The number of aromatic amines is 1. The maximum absolute atomic E-state index is 13.2. The Labute approximate surface area is 157 Å². The number of imidazole rings is 1. The number of hydrogen-bond acceptors (Lipinski definition) is 4. The van der Waals surface area contributed by atoms with Crippen LogP contribution in [0, 0.1) is 12.3 Å². The third-order valence-electron chi connectivity index (χ3n) is 5.85. The second kappa shape index (κ2) is 6.81. The lowest BCUT2D eigenvalue weighted by Crippen LogP contribution is -2.42. The Morgan fingerprint density at radius 3 is 2.59 bits per heavy atom. The topological polar surface area (TPSA) is 98.3 Å². The van der Waals surface area contributed by atoms with E-state index >= 15 is 0 Å². The van der Waals surface area contributed by atoms with Crippen LogP contribution in [0.5, 0.6) is 0 Å². The first-order valence-corrected chi connectivity index (χ1v) is 9.36. The number of carbonyl (C=O) groups excluding carboxylic acids is 1. The van der Waals surface area contributed by atoms with Gasteiger partial charge < -0.3 is 20.3 Å². The van der Waals surface area contributed by atoms with E-state index in [4.69, 9.17) is 0 Å². The number of hydrogen-bond donors (Lipinski definition) is 3. The molecule has 0 saturated carbocycles. The average Bonchev–Trinajstić information content (AvgIpc) is 3.24. The smallest absolute Gasteiger partial charge is 0.326 e. The highest BCUT2D eigenvalue weighted by atomic mass is 16.4. The molecule has 7 heteroatoms. The van der Waals surface area contributed by atoms with Gasteiger partial charge in [-0.15, -0.1) is 0 Å². The van der Waals surface area contributed by atoms with Crippen LogP contribution in [0.2, 0.25) is 0 Å². The van der Waals surface area contributed by atoms with Gasteiger partial charge in [0.1, 0.15) is 17.6 Å². The second-order valence-electron chi connectivity index (χ2n) is 7.67. The monoisotopic (exact) mass is 368 g/mol. The van der Waals surface area contributed by atoms with Gasteiger partial charge in [-0.1, -0.05) is 30.3 Å². The summed E-state index contributed by atoms with van der Waals surface area (Å²) in [5, 5.41) is 13.0. The molecule has 3 heterocycles. The molecule has 0 radical (unpaired) electrons. The summed E-state index contributed by atoms with van der Waals surface area (Å²) in [6.45, 7) is 4.03. The van der Waals surface area contributed by atoms with Crippen molar-refractivity contribution >= 4 is 11.9 Å². The number of piperidine rings is 1. The summed E-state index contributed by atoms with van der Waals surface area (Å²) in [6, 6.07) is 8.81. The summed E-state index contributed by atoms with van der Waals surface area (Å²) in [5.41, 5.74) is 1.77. The number of benzene rings is 1. The number of nitrogens with one attached hydrogen (secondary N) is 2. The van der Waals surface area contributed by atoms with E-state index < -0.39 is 12.0 Å². The van der Waals surface area contributed by atoms with Gasteiger partial charge in [-0.3, -0.25) is 4.79 Å². The van der Waals surface area contributed by atoms with E-state index in [-0.39, 0.29) is 11.3 Å². The molecule has 2 aliphatic heterocycles. The number of carboxylic acids is 1. The van der Waals surface area contributed by atoms with E-state index in [0.29, 0.717) is 30.2 Å². The zero-order valence-corrected chi connectivity index (χ0v) is 15.4. The normalized spacial score (nSPS) is 21.5. The van der Waals surface area contributed by atoms with Gasteiger partial charge in [-0.25, -0.2) is 9.78 Å². The van der Waals surface area contributed by atoms with E-state index in [1.807, 2.05) is 30.3 Å². The SMILES string of the molecule is Cc1[nH]c(-c2ccccc2)nc1C(=O)N1CC2(CCNCC2)CC1C(=O)O. The zero-order chi connectivity index (χ0) is 19.0. The summed E-state index contributed by atoms with van der Waals surface area (Å²) in [5.74, 6) is -0.608. The highest BCUT2D eigenvalue weighted by Crippen LogP contribution is 2.42. The number of aliphatic carboxylic acids is 1. The maximum Gasteiger partial charge on any atom is 0.326 e. The number of aromatic nitrogens is 2. The summed E-state index contributed by atoms with van der Waals surface area (Å²) < 4.78 is 0. The Morgan fingerprint density at radius 2 is 1.93 bits per heavy atom. The molecular weight excluding hydrogens is 344 g/mol. The van der Waals surface area contributed by atoms with Crippen LogP contribution in [0.3, 0.4) is 0 Å².